The van der Waals surface area contributed by atoms with Gasteiger partial charge in [-0.05, 0) is 28.1 Å². The van der Waals surface area contributed by atoms with E-state index in [1.165, 1.54) is 12.1 Å². The lowest BCUT2D eigenvalue weighted by Crippen LogP contribution is -2.08. The van der Waals surface area contributed by atoms with Crippen molar-refractivity contribution in [2.45, 2.75) is 0 Å². The summed E-state index contributed by atoms with van der Waals surface area (Å²) in [4.78, 5) is 25.0. The summed E-state index contributed by atoms with van der Waals surface area (Å²) in [5, 5.41) is 10.4. The molecule has 0 fully saturated rings. The number of benzene rings is 1. The Hall–Kier alpha value is -2.76. The fourth-order valence-corrected chi connectivity index (χ4v) is 1.28. The second-order valence-electron chi connectivity index (χ2n) is 3.36. The maximum Gasteiger partial charge on any atom is 0.363 e. The molecule has 0 N–H and O–H groups in total. The third-order valence-electron chi connectivity index (χ3n) is 2.13. The van der Waals surface area contributed by atoms with Crippen LogP contribution in [0, 0.1) is 10.1 Å². The van der Waals surface area contributed by atoms with E-state index in [1.54, 1.807) is 30.3 Å². The zero-order valence-electron chi connectivity index (χ0n) is 9.15. The van der Waals surface area contributed by atoms with E-state index in [0.717, 1.165) is 6.20 Å². The highest BCUT2D eigenvalue weighted by molar-refractivity contribution is 5.90. The lowest BCUT2D eigenvalue weighted by Gasteiger charge is -2.01. The van der Waals surface area contributed by atoms with Gasteiger partial charge in [-0.3, -0.25) is 0 Å². The van der Waals surface area contributed by atoms with Gasteiger partial charge in [0.05, 0.1) is 5.56 Å². The average Bonchev–Trinajstić information content (AvgIpc) is 2.40. The molecule has 0 amide bonds. The van der Waals surface area contributed by atoms with Gasteiger partial charge in [0.25, 0.3) is 0 Å². The molecule has 0 bridgehead atoms. The number of nitrogens with zero attached hydrogens (tertiary/aromatic N) is 2. The molecule has 0 aliphatic rings. The van der Waals surface area contributed by atoms with Gasteiger partial charge in [0.2, 0.25) is 0 Å². The smallest absolute Gasteiger partial charge is 0.363 e. The molecule has 18 heavy (non-hydrogen) atoms. The van der Waals surface area contributed by atoms with Gasteiger partial charge in [0.1, 0.15) is 0 Å². The van der Waals surface area contributed by atoms with Gasteiger partial charge in [-0.15, -0.1) is 0 Å². The largest absolute Gasteiger partial charge is 0.419 e. The van der Waals surface area contributed by atoms with Crippen LogP contribution in [-0.4, -0.2) is 15.9 Å². The van der Waals surface area contributed by atoms with Crippen LogP contribution < -0.4 is 4.74 Å². The number of pyridine rings is 1. The summed E-state index contributed by atoms with van der Waals surface area (Å²) >= 11 is 0. The molecule has 0 atom stereocenters. The zero-order valence-corrected chi connectivity index (χ0v) is 9.15. The molecule has 1 aromatic carbocycles. The van der Waals surface area contributed by atoms with Crippen molar-refractivity contribution in [2.75, 3.05) is 0 Å². The summed E-state index contributed by atoms with van der Waals surface area (Å²) in [6.07, 6.45) is 1.14. The number of esters is 1. The molecule has 1 aromatic heterocycles. The normalized spacial score (nSPS) is 9.78. The van der Waals surface area contributed by atoms with Crippen molar-refractivity contribution in [3.63, 3.8) is 0 Å². The van der Waals surface area contributed by atoms with E-state index in [2.05, 4.69) is 4.98 Å². The fraction of sp³-hybridized carbons (Fsp3) is 0. The Morgan fingerprint density at radius 3 is 2.44 bits per heavy atom. The van der Waals surface area contributed by atoms with Crippen LogP contribution in [0.25, 0.3) is 0 Å². The minimum absolute atomic E-state index is 0.162. The molecule has 0 spiro atoms. The maximum atomic E-state index is 11.6. The highest BCUT2D eigenvalue weighted by Gasteiger charge is 2.11. The Bertz CT molecular complexity index is 566. The van der Waals surface area contributed by atoms with Crippen molar-refractivity contribution in [1.29, 1.82) is 0 Å². The van der Waals surface area contributed by atoms with Crippen molar-refractivity contribution in [1.82, 2.24) is 4.98 Å². The number of ether oxygens (including phenoxy) is 1. The van der Waals surface area contributed by atoms with Crippen molar-refractivity contribution < 1.29 is 14.5 Å². The summed E-state index contributed by atoms with van der Waals surface area (Å²) in [5.74, 6) is -0.671. The van der Waals surface area contributed by atoms with Crippen molar-refractivity contribution in [3.05, 3.63) is 64.3 Å². The number of hydrogen-bond acceptors (Lipinski definition) is 5. The second kappa shape index (κ2) is 5.05. The first-order chi connectivity index (χ1) is 8.66. The van der Waals surface area contributed by atoms with Crippen molar-refractivity contribution >= 4 is 11.8 Å². The van der Waals surface area contributed by atoms with E-state index in [-0.39, 0.29) is 11.6 Å². The quantitative estimate of drug-likeness (QED) is 0.469. The van der Waals surface area contributed by atoms with E-state index in [0.29, 0.717) is 5.56 Å². The first-order valence-electron chi connectivity index (χ1n) is 5.04. The van der Waals surface area contributed by atoms with Gasteiger partial charge in [-0.25, -0.2) is 4.79 Å². The number of aromatic nitrogens is 1. The van der Waals surface area contributed by atoms with E-state index in [1.807, 2.05) is 0 Å². The Morgan fingerprint density at radius 2 is 1.89 bits per heavy atom. The zero-order chi connectivity index (χ0) is 13.0. The number of carbonyl (C=O) groups is 1. The SMILES string of the molecule is O=C(Oc1ccc([N+](=O)[O-])nc1)c1ccccc1. The van der Waals surface area contributed by atoms with Crippen LogP contribution in [-0.2, 0) is 0 Å². The molecule has 6 heteroatoms. The molecular weight excluding hydrogens is 236 g/mol. The van der Waals surface area contributed by atoms with Gasteiger partial charge in [0.15, 0.2) is 11.9 Å². The molecule has 1 heterocycles. The van der Waals surface area contributed by atoms with Crippen LogP contribution in [0.1, 0.15) is 10.4 Å². The summed E-state index contributed by atoms with van der Waals surface area (Å²) in [6, 6.07) is 10.9. The van der Waals surface area contributed by atoms with Gasteiger partial charge in [0, 0.05) is 6.07 Å². The van der Waals surface area contributed by atoms with Crippen LogP contribution in [0.2, 0.25) is 0 Å². The fourth-order valence-electron chi connectivity index (χ4n) is 1.28. The monoisotopic (exact) mass is 244 g/mol. The Morgan fingerprint density at radius 1 is 1.17 bits per heavy atom. The summed E-state index contributed by atoms with van der Waals surface area (Å²) in [5.41, 5.74) is 0.399. The van der Waals surface area contributed by atoms with Crippen molar-refractivity contribution in [3.8, 4) is 5.75 Å². The Labute approximate surface area is 102 Å². The number of rotatable bonds is 3. The van der Waals surface area contributed by atoms with Gasteiger partial charge in [-0.1, -0.05) is 18.2 Å². The average molecular weight is 244 g/mol. The summed E-state index contributed by atoms with van der Waals surface area (Å²) < 4.78 is 5.01. The van der Waals surface area contributed by atoms with Crippen LogP contribution in [0.15, 0.2) is 48.7 Å². The second-order valence-corrected chi connectivity index (χ2v) is 3.36. The molecule has 0 saturated carbocycles. The highest BCUT2D eigenvalue weighted by atomic mass is 16.6. The number of nitro groups is 1. The predicted molar refractivity (Wildman–Crippen MR) is 62.3 cm³/mol. The third-order valence-corrected chi connectivity index (χ3v) is 2.13. The molecule has 0 aliphatic carbocycles. The van der Waals surface area contributed by atoms with Gasteiger partial charge >= 0.3 is 11.8 Å². The van der Waals surface area contributed by atoms with Crippen LogP contribution in [0.4, 0.5) is 5.82 Å². The minimum atomic E-state index is -0.622. The molecule has 0 unspecified atom stereocenters. The summed E-state index contributed by atoms with van der Waals surface area (Å²) in [6.45, 7) is 0. The number of hydrogen-bond donors (Lipinski definition) is 0. The Balaban J connectivity index is 2.10. The molecular formula is C12H8N2O4. The van der Waals surface area contributed by atoms with Crippen LogP contribution >= 0.6 is 0 Å². The third kappa shape index (κ3) is 2.67. The number of carbonyl (C=O) groups excluding carboxylic acids is 1. The van der Waals surface area contributed by atoms with Crippen LogP contribution in [0.3, 0.4) is 0 Å². The Kier molecular flexibility index (Phi) is 3.29. The minimum Gasteiger partial charge on any atom is -0.419 e. The standard InChI is InChI=1S/C12H8N2O4/c15-12(9-4-2-1-3-5-9)18-10-6-7-11(13-8-10)14(16)17/h1-8H. The van der Waals surface area contributed by atoms with Gasteiger partial charge in [-0.2, -0.15) is 0 Å². The lowest BCUT2D eigenvalue weighted by atomic mass is 10.2. The van der Waals surface area contributed by atoms with Crippen LogP contribution in [0.5, 0.6) is 5.75 Å². The molecule has 2 aromatic rings. The molecule has 90 valence electrons. The molecule has 2 rings (SSSR count). The molecule has 0 saturated heterocycles. The van der Waals surface area contributed by atoms with E-state index >= 15 is 0 Å². The van der Waals surface area contributed by atoms with Gasteiger partial charge < -0.3 is 14.9 Å². The molecule has 0 aliphatic heterocycles. The summed E-state index contributed by atoms with van der Waals surface area (Å²) in [7, 11) is 0. The molecule has 6 nitrogen and oxygen atoms in total. The maximum absolute atomic E-state index is 11.6. The first-order valence-corrected chi connectivity index (χ1v) is 5.04. The van der Waals surface area contributed by atoms with E-state index < -0.39 is 10.9 Å². The van der Waals surface area contributed by atoms with Crippen molar-refractivity contribution in [2.24, 2.45) is 0 Å². The molecule has 0 radical (unpaired) electrons. The topological polar surface area (TPSA) is 82.3 Å². The lowest BCUT2D eigenvalue weighted by molar-refractivity contribution is -0.389. The first kappa shape index (κ1) is 11.7. The van der Waals surface area contributed by atoms with E-state index in [9.17, 15) is 14.9 Å². The predicted octanol–water partition coefficient (Wildman–Crippen LogP) is 2.21. The highest BCUT2D eigenvalue weighted by Crippen LogP contribution is 2.15. The van der Waals surface area contributed by atoms with E-state index in [4.69, 9.17) is 4.74 Å².